The molecule has 0 unspecified atom stereocenters. The maximum Gasteiger partial charge on any atom is 0.258 e. The highest BCUT2D eigenvalue weighted by atomic mass is 35.5. The van der Waals surface area contributed by atoms with Crippen molar-refractivity contribution in [1.82, 2.24) is 0 Å². The van der Waals surface area contributed by atoms with Crippen molar-refractivity contribution in [2.75, 3.05) is 11.9 Å². The van der Waals surface area contributed by atoms with Crippen molar-refractivity contribution in [2.45, 2.75) is 13.8 Å². The van der Waals surface area contributed by atoms with Crippen LogP contribution in [0.25, 0.3) is 0 Å². The van der Waals surface area contributed by atoms with Crippen LogP contribution in [0.15, 0.2) is 65.0 Å². The van der Waals surface area contributed by atoms with Crippen LogP contribution in [0.5, 0.6) is 5.75 Å². The molecule has 1 amide bonds. The van der Waals surface area contributed by atoms with Crippen LogP contribution in [0.2, 0.25) is 5.02 Å². The fraction of sp³-hybridized carbons (Fsp3) is 0.182. The summed E-state index contributed by atoms with van der Waals surface area (Å²) in [5.74, 6) is 1.01. The zero-order chi connectivity index (χ0) is 19.9. The molecular formula is C22H21ClN2O2S. The van der Waals surface area contributed by atoms with E-state index in [1.165, 1.54) is 11.3 Å². The normalized spacial score (nSPS) is 11.1. The molecule has 0 saturated heterocycles. The van der Waals surface area contributed by atoms with Gasteiger partial charge in [0.25, 0.3) is 5.91 Å². The van der Waals surface area contributed by atoms with Crippen molar-refractivity contribution in [1.29, 1.82) is 0 Å². The second-order valence-corrected chi connectivity index (χ2v) is 7.93. The first-order valence-electron chi connectivity index (χ1n) is 8.93. The van der Waals surface area contributed by atoms with Crippen molar-refractivity contribution in [3.63, 3.8) is 0 Å². The van der Waals surface area contributed by atoms with E-state index in [1.54, 1.807) is 36.5 Å². The number of aliphatic imine (C=N–C) groups is 1. The number of carbonyl (C=O) groups excluding carboxylic acids is 1. The molecule has 0 fully saturated rings. The summed E-state index contributed by atoms with van der Waals surface area (Å²) < 4.78 is 5.86. The predicted octanol–water partition coefficient (Wildman–Crippen LogP) is 6.44. The highest BCUT2D eigenvalue weighted by Crippen LogP contribution is 2.28. The van der Waals surface area contributed by atoms with Gasteiger partial charge in [0.15, 0.2) is 0 Å². The number of nitrogens with one attached hydrogen (secondary N) is 1. The van der Waals surface area contributed by atoms with Gasteiger partial charge < -0.3 is 10.1 Å². The average Bonchev–Trinajstić information content (AvgIpc) is 3.16. The van der Waals surface area contributed by atoms with Gasteiger partial charge in [-0.3, -0.25) is 4.79 Å². The van der Waals surface area contributed by atoms with E-state index >= 15 is 0 Å². The Bertz CT molecular complexity index is 965. The van der Waals surface area contributed by atoms with Crippen LogP contribution in [0, 0.1) is 5.92 Å². The van der Waals surface area contributed by atoms with Crippen molar-refractivity contribution in [2.24, 2.45) is 10.9 Å². The van der Waals surface area contributed by atoms with E-state index in [0.717, 1.165) is 11.3 Å². The van der Waals surface area contributed by atoms with Gasteiger partial charge in [-0.1, -0.05) is 37.6 Å². The SMILES string of the molecule is CC(C)COc1ccccc1C=Nc1sccc1C(=O)Nc1ccc(Cl)cc1. The van der Waals surface area contributed by atoms with E-state index in [1.807, 2.05) is 29.6 Å². The lowest BCUT2D eigenvalue weighted by Crippen LogP contribution is -2.10. The van der Waals surface area contributed by atoms with E-state index in [0.29, 0.717) is 33.8 Å². The highest BCUT2D eigenvalue weighted by Gasteiger charge is 2.13. The molecule has 144 valence electrons. The molecule has 28 heavy (non-hydrogen) atoms. The fourth-order valence-corrected chi connectivity index (χ4v) is 3.27. The number of hydrogen-bond acceptors (Lipinski definition) is 4. The summed E-state index contributed by atoms with van der Waals surface area (Å²) in [6.45, 7) is 4.85. The van der Waals surface area contributed by atoms with Gasteiger partial charge >= 0.3 is 0 Å². The molecule has 1 N–H and O–H groups in total. The van der Waals surface area contributed by atoms with E-state index < -0.39 is 0 Å². The van der Waals surface area contributed by atoms with Crippen molar-refractivity contribution in [3.05, 3.63) is 76.1 Å². The number of anilines is 1. The summed E-state index contributed by atoms with van der Waals surface area (Å²) in [6.07, 6.45) is 1.74. The first-order valence-corrected chi connectivity index (χ1v) is 10.2. The van der Waals surface area contributed by atoms with Crippen LogP contribution in [0.4, 0.5) is 10.7 Å². The lowest BCUT2D eigenvalue weighted by atomic mass is 10.2. The van der Waals surface area contributed by atoms with Crippen LogP contribution in [0.3, 0.4) is 0 Å². The van der Waals surface area contributed by atoms with E-state index in [2.05, 4.69) is 24.2 Å². The number of thiophene rings is 1. The Kier molecular flexibility index (Phi) is 6.85. The number of ether oxygens (including phenoxy) is 1. The second-order valence-electron chi connectivity index (χ2n) is 6.60. The molecule has 0 saturated carbocycles. The quantitative estimate of drug-likeness (QED) is 0.454. The lowest BCUT2D eigenvalue weighted by Gasteiger charge is -2.10. The third-order valence-electron chi connectivity index (χ3n) is 3.80. The second kappa shape index (κ2) is 9.53. The minimum atomic E-state index is -0.208. The maximum atomic E-state index is 12.6. The number of carbonyl (C=O) groups is 1. The van der Waals surface area contributed by atoms with Crippen LogP contribution < -0.4 is 10.1 Å². The molecule has 0 bridgehead atoms. The lowest BCUT2D eigenvalue weighted by molar-refractivity contribution is 0.102. The van der Waals surface area contributed by atoms with Gasteiger partial charge in [0.2, 0.25) is 0 Å². The maximum absolute atomic E-state index is 12.6. The minimum absolute atomic E-state index is 0.208. The van der Waals surface area contributed by atoms with Crippen LogP contribution in [0.1, 0.15) is 29.8 Å². The molecule has 2 aromatic carbocycles. The van der Waals surface area contributed by atoms with Gasteiger partial charge in [0.1, 0.15) is 10.8 Å². The highest BCUT2D eigenvalue weighted by molar-refractivity contribution is 7.14. The van der Waals surface area contributed by atoms with Gasteiger partial charge in [-0.05, 0) is 53.8 Å². The Labute approximate surface area is 173 Å². The molecule has 1 aromatic heterocycles. The first-order chi connectivity index (χ1) is 13.5. The number of nitrogens with zero attached hydrogens (tertiary/aromatic N) is 1. The Morgan fingerprint density at radius 3 is 2.68 bits per heavy atom. The molecule has 4 nitrogen and oxygen atoms in total. The van der Waals surface area contributed by atoms with E-state index in [-0.39, 0.29) is 5.91 Å². The molecule has 0 aliphatic heterocycles. The zero-order valence-electron chi connectivity index (χ0n) is 15.7. The third-order valence-corrected chi connectivity index (χ3v) is 4.88. The molecule has 0 spiro atoms. The Balaban J connectivity index is 1.75. The monoisotopic (exact) mass is 412 g/mol. The Morgan fingerprint density at radius 2 is 1.93 bits per heavy atom. The molecule has 6 heteroatoms. The Morgan fingerprint density at radius 1 is 1.18 bits per heavy atom. The minimum Gasteiger partial charge on any atom is -0.493 e. The van der Waals surface area contributed by atoms with Crippen molar-refractivity contribution in [3.8, 4) is 5.75 Å². The molecular weight excluding hydrogens is 392 g/mol. The summed E-state index contributed by atoms with van der Waals surface area (Å²) in [6, 6.07) is 16.5. The largest absolute Gasteiger partial charge is 0.493 e. The molecule has 0 aliphatic rings. The van der Waals surface area contributed by atoms with Gasteiger partial charge in [-0.25, -0.2) is 4.99 Å². The molecule has 3 rings (SSSR count). The molecule has 0 atom stereocenters. The summed E-state index contributed by atoms with van der Waals surface area (Å²) in [4.78, 5) is 17.1. The standard InChI is InChI=1S/C22H21ClN2O2S/c1-15(2)14-27-20-6-4-3-5-16(20)13-24-22-19(11-12-28-22)21(26)25-18-9-7-17(23)8-10-18/h3-13,15H,14H2,1-2H3,(H,25,26). The summed E-state index contributed by atoms with van der Waals surface area (Å²) >= 11 is 7.30. The number of rotatable bonds is 7. The zero-order valence-corrected chi connectivity index (χ0v) is 17.3. The number of benzene rings is 2. The number of para-hydroxylation sites is 1. The molecule has 0 aliphatic carbocycles. The third kappa shape index (κ3) is 5.44. The number of hydrogen-bond donors (Lipinski definition) is 1. The van der Waals surface area contributed by atoms with Gasteiger partial charge in [0, 0.05) is 22.5 Å². The van der Waals surface area contributed by atoms with Crippen molar-refractivity contribution >= 4 is 45.7 Å². The van der Waals surface area contributed by atoms with E-state index in [9.17, 15) is 4.79 Å². The molecule has 3 aromatic rings. The molecule has 1 heterocycles. The van der Waals surface area contributed by atoms with Crippen LogP contribution in [-0.4, -0.2) is 18.7 Å². The fourth-order valence-electron chi connectivity index (χ4n) is 2.41. The smallest absolute Gasteiger partial charge is 0.258 e. The van der Waals surface area contributed by atoms with E-state index in [4.69, 9.17) is 16.3 Å². The topological polar surface area (TPSA) is 50.7 Å². The van der Waals surface area contributed by atoms with Gasteiger partial charge in [-0.15, -0.1) is 11.3 Å². The van der Waals surface area contributed by atoms with Crippen LogP contribution in [-0.2, 0) is 0 Å². The molecule has 0 radical (unpaired) electrons. The summed E-state index contributed by atoms with van der Waals surface area (Å²) in [7, 11) is 0. The predicted molar refractivity (Wildman–Crippen MR) is 118 cm³/mol. The number of halogens is 1. The Hall–Kier alpha value is -2.63. The van der Waals surface area contributed by atoms with Gasteiger partial charge in [-0.2, -0.15) is 0 Å². The van der Waals surface area contributed by atoms with Crippen molar-refractivity contribution < 1.29 is 9.53 Å². The summed E-state index contributed by atoms with van der Waals surface area (Å²) in [5, 5.41) is 5.98. The summed E-state index contributed by atoms with van der Waals surface area (Å²) in [5.41, 5.74) is 2.08. The average molecular weight is 413 g/mol. The number of amides is 1. The first kappa shape index (κ1) is 20.1. The van der Waals surface area contributed by atoms with Gasteiger partial charge in [0.05, 0.1) is 12.2 Å². The van der Waals surface area contributed by atoms with Crippen LogP contribution >= 0.6 is 22.9 Å².